The first-order chi connectivity index (χ1) is 10.3. The standard InChI is InChI=1S/C14H21N3.2C2H6/c1-16-9-6-13(11-16)12-4-5-14(15-10-12)17-7-2-3-8-17;2*1-2/h4-5,10,13H,2-3,6-9,11H2,1H3;2*1-2H3. The minimum atomic E-state index is 0.695. The molecule has 1 aromatic heterocycles. The van der Waals surface area contributed by atoms with Crippen molar-refractivity contribution in [3.05, 3.63) is 23.9 Å². The molecule has 2 aliphatic heterocycles. The first-order valence-electron chi connectivity index (χ1n) is 8.72. The van der Waals surface area contributed by atoms with Crippen molar-refractivity contribution in [2.75, 3.05) is 38.1 Å². The lowest BCUT2D eigenvalue weighted by Crippen LogP contribution is -2.19. The Bertz CT molecular complexity index is 369. The monoisotopic (exact) mass is 291 g/mol. The summed E-state index contributed by atoms with van der Waals surface area (Å²) >= 11 is 0. The van der Waals surface area contributed by atoms with E-state index >= 15 is 0 Å². The summed E-state index contributed by atoms with van der Waals surface area (Å²) in [7, 11) is 2.20. The van der Waals surface area contributed by atoms with Crippen molar-refractivity contribution in [2.45, 2.75) is 52.9 Å². The van der Waals surface area contributed by atoms with Gasteiger partial charge < -0.3 is 9.80 Å². The lowest BCUT2D eigenvalue weighted by atomic mass is 10.0. The average molecular weight is 291 g/mol. The largest absolute Gasteiger partial charge is 0.357 e. The van der Waals surface area contributed by atoms with Crippen molar-refractivity contribution in [3.8, 4) is 0 Å². The number of aromatic nitrogens is 1. The van der Waals surface area contributed by atoms with Crippen molar-refractivity contribution in [3.63, 3.8) is 0 Å². The van der Waals surface area contributed by atoms with E-state index < -0.39 is 0 Å². The molecule has 2 fully saturated rings. The number of hydrogen-bond donors (Lipinski definition) is 0. The molecule has 0 aromatic carbocycles. The Morgan fingerprint density at radius 2 is 1.67 bits per heavy atom. The topological polar surface area (TPSA) is 19.4 Å². The SMILES string of the molecule is CC.CC.CN1CCC(c2ccc(N3CCCC3)nc2)C1. The highest BCUT2D eigenvalue weighted by Crippen LogP contribution is 2.27. The fraction of sp³-hybridized carbons (Fsp3) is 0.722. The Morgan fingerprint density at radius 1 is 1.00 bits per heavy atom. The van der Waals surface area contributed by atoms with E-state index in [0.717, 1.165) is 5.82 Å². The summed E-state index contributed by atoms with van der Waals surface area (Å²) in [6, 6.07) is 4.49. The van der Waals surface area contributed by atoms with Crippen molar-refractivity contribution in [2.24, 2.45) is 0 Å². The average Bonchev–Trinajstić information content (AvgIpc) is 3.23. The Labute approximate surface area is 131 Å². The van der Waals surface area contributed by atoms with Gasteiger partial charge in [-0.1, -0.05) is 33.8 Å². The highest BCUT2D eigenvalue weighted by atomic mass is 15.2. The Morgan fingerprint density at radius 3 is 2.14 bits per heavy atom. The molecule has 3 rings (SSSR count). The van der Waals surface area contributed by atoms with Crippen LogP contribution in [0.4, 0.5) is 5.82 Å². The fourth-order valence-electron chi connectivity index (χ4n) is 2.98. The van der Waals surface area contributed by atoms with Gasteiger partial charge in [-0.15, -0.1) is 0 Å². The second-order valence-electron chi connectivity index (χ2n) is 5.39. The van der Waals surface area contributed by atoms with Crippen molar-refractivity contribution in [1.82, 2.24) is 9.88 Å². The molecule has 0 amide bonds. The number of likely N-dealkylation sites (N-methyl/N-ethyl adjacent to an activating group) is 1. The van der Waals surface area contributed by atoms with Crippen LogP contribution in [-0.4, -0.2) is 43.1 Å². The number of pyridine rings is 1. The van der Waals surface area contributed by atoms with Gasteiger partial charge >= 0.3 is 0 Å². The maximum absolute atomic E-state index is 4.64. The highest BCUT2D eigenvalue weighted by molar-refractivity contribution is 5.40. The normalized spacial score (nSPS) is 21.4. The van der Waals surface area contributed by atoms with Gasteiger partial charge in [-0.25, -0.2) is 4.98 Å². The van der Waals surface area contributed by atoms with E-state index in [1.54, 1.807) is 0 Å². The molecule has 2 aliphatic rings. The molecule has 1 aromatic rings. The third kappa shape index (κ3) is 4.99. The lowest BCUT2D eigenvalue weighted by molar-refractivity contribution is 0.411. The fourth-order valence-corrected chi connectivity index (χ4v) is 2.98. The molecule has 3 heteroatoms. The van der Waals surface area contributed by atoms with Gasteiger partial charge in [0.25, 0.3) is 0 Å². The summed E-state index contributed by atoms with van der Waals surface area (Å²) in [5, 5.41) is 0. The minimum Gasteiger partial charge on any atom is -0.357 e. The Kier molecular flexibility index (Phi) is 8.36. The number of nitrogens with zero attached hydrogens (tertiary/aromatic N) is 3. The molecule has 2 saturated heterocycles. The van der Waals surface area contributed by atoms with E-state index in [0.29, 0.717) is 5.92 Å². The van der Waals surface area contributed by atoms with Crippen molar-refractivity contribution in [1.29, 1.82) is 0 Å². The zero-order chi connectivity index (χ0) is 15.7. The van der Waals surface area contributed by atoms with Gasteiger partial charge in [-0.2, -0.15) is 0 Å². The number of rotatable bonds is 2. The van der Waals surface area contributed by atoms with Crippen LogP contribution in [-0.2, 0) is 0 Å². The summed E-state index contributed by atoms with van der Waals surface area (Å²) in [5.74, 6) is 1.86. The summed E-state index contributed by atoms with van der Waals surface area (Å²) in [6.45, 7) is 12.8. The highest BCUT2D eigenvalue weighted by Gasteiger charge is 2.21. The maximum Gasteiger partial charge on any atom is 0.128 e. The molecule has 3 nitrogen and oxygen atoms in total. The van der Waals surface area contributed by atoms with Gasteiger partial charge in [-0.3, -0.25) is 0 Å². The molecule has 21 heavy (non-hydrogen) atoms. The van der Waals surface area contributed by atoms with Gasteiger partial charge in [0.2, 0.25) is 0 Å². The van der Waals surface area contributed by atoms with Crippen molar-refractivity contribution >= 4 is 5.82 Å². The lowest BCUT2D eigenvalue weighted by Gasteiger charge is -2.17. The van der Waals surface area contributed by atoms with Crippen molar-refractivity contribution < 1.29 is 0 Å². The Hall–Kier alpha value is -1.09. The molecule has 1 atom stereocenters. The van der Waals surface area contributed by atoms with Crippen LogP contribution < -0.4 is 4.90 Å². The smallest absolute Gasteiger partial charge is 0.128 e. The van der Waals surface area contributed by atoms with E-state index in [-0.39, 0.29) is 0 Å². The first-order valence-corrected chi connectivity index (χ1v) is 8.72. The zero-order valence-electron chi connectivity index (χ0n) is 14.6. The molecule has 0 bridgehead atoms. The third-order valence-corrected chi connectivity index (χ3v) is 4.06. The summed E-state index contributed by atoms with van der Waals surface area (Å²) in [5.41, 5.74) is 1.41. The van der Waals surface area contributed by atoms with E-state index in [4.69, 9.17) is 0 Å². The van der Waals surface area contributed by atoms with Gasteiger partial charge in [0, 0.05) is 25.8 Å². The number of anilines is 1. The number of hydrogen-bond acceptors (Lipinski definition) is 3. The maximum atomic E-state index is 4.64. The predicted octanol–water partition coefficient (Wildman–Crippen LogP) is 4.15. The molecule has 0 N–H and O–H groups in total. The molecule has 3 heterocycles. The molecular formula is C18H33N3. The minimum absolute atomic E-state index is 0.695. The van der Waals surface area contributed by atoms with Crippen LogP contribution in [0.25, 0.3) is 0 Å². The van der Waals surface area contributed by atoms with Crippen LogP contribution in [0, 0.1) is 0 Å². The molecular weight excluding hydrogens is 258 g/mol. The second-order valence-corrected chi connectivity index (χ2v) is 5.39. The van der Waals surface area contributed by atoms with Gasteiger partial charge in [-0.05, 0) is 50.4 Å². The summed E-state index contributed by atoms with van der Waals surface area (Å²) in [4.78, 5) is 9.43. The van der Waals surface area contributed by atoms with Gasteiger partial charge in [0.05, 0.1) is 0 Å². The molecule has 0 spiro atoms. The van der Waals surface area contributed by atoms with E-state index in [2.05, 4.69) is 40.2 Å². The zero-order valence-corrected chi connectivity index (χ0v) is 14.6. The molecule has 120 valence electrons. The van der Waals surface area contributed by atoms with Crippen LogP contribution in [0.1, 0.15) is 58.4 Å². The van der Waals surface area contributed by atoms with Crippen LogP contribution in [0.15, 0.2) is 18.3 Å². The Balaban J connectivity index is 0.000000510. The molecule has 0 radical (unpaired) electrons. The number of likely N-dealkylation sites (tertiary alicyclic amines) is 1. The predicted molar refractivity (Wildman–Crippen MR) is 93.2 cm³/mol. The first kappa shape index (κ1) is 18.0. The summed E-state index contributed by atoms with van der Waals surface area (Å²) < 4.78 is 0. The molecule has 0 aliphatic carbocycles. The van der Waals surface area contributed by atoms with Gasteiger partial charge in [0.1, 0.15) is 5.82 Å². The van der Waals surface area contributed by atoms with Crippen LogP contribution in [0.2, 0.25) is 0 Å². The second kappa shape index (κ2) is 9.78. The summed E-state index contributed by atoms with van der Waals surface area (Å²) in [6.07, 6.45) is 6.01. The van der Waals surface area contributed by atoms with Crippen LogP contribution in [0.3, 0.4) is 0 Å². The molecule has 1 unspecified atom stereocenters. The van der Waals surface area contributed by atoms with E-state index in [9.17, 15) is 0 Å². The van der Waals surface area contributed by atoms with Crippen LogP contribution >= 0.6 is 0 Å². The quantitative estimate of drug-likeness (QED) is 0.816. The van der Waals surface area contributed by atoms with E-state index in [1.165, 1.54) is 51.0 Å². The van der Waals surface area contributed by atoms with E-state index in [1.807, 2.05) is 27.7 Å². The van der Waals surface area contributed by atoms with Gasteiger partial charge in [0.15, 0.2) is 0 Å². The van der Waals surface area contributed by atoms with Crippen LogP contribution in [0.5, 0.6) is 0 Å². The third-order valence-electron chi connectivity index (χ3n) is 4.06. The molecule has 0 saturated carbocycles.